The van der Waals surface area contributed by atoms with E-state index < -0.39 is 81.8 Å². The molecule has 20 heteroatoms. The van der Waals surface area contributed by atoms with Crippen molar-refractivity contribution in [1.29, 1.82) is 0 Å². The number of alkyl halides is 18. The quantitative estimate of drug-likeness (QED) is 0.332. The first-order valence-corrected chi connectivity index (χ1v) is 7.53. The fraction of sp³-hybridized carbons (Fsp3) is 0.571. The van der Waals surface area contributed by atoms with Gasteiger partial charge >= 0.3 is 47.9 Å². The van der Waals surface area contributed by atoms with E-state index in [0.717, 1.165) is 0 Å². The van der Waals surface area contributed by atoms with E-state index in [1.807, 2.05) is 0 Å². The van der Waals surface area contributed by atoms with Gasteiger partial charge in [0, 0.05) is 0 Å². The summed E-state index contributed by atoms with van der Waals surface area (Å²) in [5.41, 5.74) is -18.7. The van der Waals surface area contributed by atoms with E-state index in [0.29, 0.717) is 0 Å². The lowest BCUT2D eigenvalue weighted by atomic mass is 9.73. The molecule has 34 heavy (non-hydrogen) atoms. The molecule has 1 aliphatic carbocycles. The zero-order valence-electron chi connectivity index (χ0n) is 14.6. The van der Waals surface area contributed by atoms with E-state index >= 15 is 0 Å². The lowest BCUT2D eigenvalue weighted by molar-refractivity contribution is -0.389. The Labute approximate surface area is 171 Å². The Morgan fingerprint density at radius 3 is 0.794 bits per heavy atom. The van der Waals surface area contributed by atoms with Crippen molar-refractivity contribution in [2.45, 2.75) is 47.9 Å². The van der Waals surface area contributed by atoms with Gasteiger partial charge in [-0.15, -0.1) is 0 Å². The summed E-state index contributed by atoms with van der Waals surface area (Å²) >= 11 is 0. The van der Waals surface area contributed by atoms with Crippen LogP contribution < -0.4 is 0 Å². The minimum atomic E-state index is -7.82. The van der Waals surface area contributed by atoms with Gasteiger partial charge in [0.05, 0.1) is 22.3 Å². The van der Waals surface area contributed by atoms with E-state index in [1.165, 1.54) is 0 Å². The molecule has 0 N–H and O–H groups in total. The fourth-order valence-electron chi connectivity index (χ4n) is 2.90. The molecular formula is C14F20. The molecular weight excluding hydrogens is 548 g/mol. The molecule has 0 atom stereocenters. The average Bonchev–Trinajstić information content (AvgIpc) is 2.59. The number of hydrogen-bond acceptors (Lipinski definition) is 0. The Balaban J connectivity index is 3.45. The molecule has 0 saturated heterocycles. The zero-order chi connectivity index (χ0) is 27.5. The summed E-state index contributed by atoms with van der Waals surface area (Å²) in [6, 6.07) is 0. The van der Waals surface area contributed by atoms with Crippen molar-refractivity contribution in [3.05, 3.63) is 33.9 Å². The van der Waals surface area contributed by atoms with Crippen molar-refractivity contribution in [2.24, 2.45) is 0 Å². The Bertz CT molecular complexity index is 925. The summed E-state index contributed by atoms with van der Waals surface area (Å²) in [5.74, 6) is -54.8. The molecule has 0 bridgehead atoms. The molecule has 0 saturated carbocycles. The molecule has 2 rings (SSSR count). The maximum atomic E-state index is 14.1. The van der Waals surface area contributed by atoms with Gasteiger partial charge in [0.2, 0.25) is 0 Å². The molecule has 1 aromatic rings. The summed E-state index contributed by atoms with van der Waals surface area (Å²) in [6.45, 7) is 0. The van der Waals surface area contributed by atoms with Crippen LogP contribution in [0.15, 0.2) is 0 Å². The van der Waals surface area contributed by atoms with Crippen molar-refractivity contribution in [3.63, 3.8) is 0 Å². The maximum Gasteiger partial charge on any atom is 0.458 e. The van der Waals surface area contributed by atoms with Gasteiger partial charge in [0.25, 0.3) is 0 Å². The number of benzene rings is 1. The van der Waals surface area contributed by atoms with Gasteiger partial charge < -0.3 is 0 Å². The van der Waals surface area contributed by atoms with Crippen LogP contribution in [0.3, 0.4) is 0 Å². The number of hydrogen-bond donors (Lipinski definition) is 0. The molecule has 1 aromatic carbocycles. The predicted octanol–water partition coefficient (Wildman–Crippen LogP) is 7.74. The topological polar surface area (TPSA) is 0 Å². The molecule has 0 radical (unpaired) electrons. The Kier molecular flexibility index (Phi) is 5.55. The first-order valence-electron chi connectivity index (χ1n) is 7.53. The number of rotatable bonds is 2. The van der Waals surface area contributed by atoms with Crippen LogP contribution in [-0.4, -0.2) is 24.2 Å². The van der Waals surface area contributed by atoms with E-state index in [-0.39, 0.29) is 0 Å². The van der Waals surface area contributed by atoms with Crippen LogP contribution in [0.4, 0.5) is 87.8 Å². The lowest BCUT2D eigenvalue weighted by Crippen LogP contribution is -2.65. The van der Waals surface area contributed by atoms with Crippen LogP contribution in [0.1, 0.15) is 22.3 Å². The third kappa shape index (κ3) is 3.00. The summed E-state index contributed by atoms with van der Waals surface area (Å²) in [7, 11) is 0. The average molecular weight is 548 g/mol. The molecule has 0 amide bonds. The monoisotopic (exact) mass is 548 g/mol. The molecule has 196 valence electrons. The first kappa shape index (κ1) is 28.1. The Morgan fingerprint density at radius 1 is 0.412 bits per heavy atom. The van der Waals surface area contributed by atoms with Gasteiger partial charge in [-0.1, -0.05) is 0 Å². The fourth-order valence-corrected chi connectivity index (χ4v) is 2.90. The second kappa shape index (κ2) is 6.73. The third-order valence-corrected chi connectivity index (χ3v) is 4.53. The number of halogens is 20. The molecule has 0 heterocycles. The van der Waals surface area contributed by atoms with Crippen molar-refractivity contribution in [3.8, 4) is 0 Å². The molecule has 0 nitrogen and oxygen atoms in total. The highest BCUT2D eigenvalue weighted by Crippen LogP contribution is 2.69. The largest absolute Gasteiger partial charge is 0.458 e. The van der Waals surface area contributed by atoms with Crippen LogP contribution >= 0.6 is 0 Å². The van der Waals surface area contributed by atoms with Crippen molar-refractivity contribution in [2.75, 3.05) is 0 Å². The van der Waals surface area contributed by atoms with Gasteiger partial charge in [-0.3, -0.25) is 0 Å². The minimum absolute atomic E-state index is 4.49. The highest BCUT2D eigenvalue weighted by Gasteiger charge is 2.88. The second-order valence-electron chi connectivity index (χ2n) is 6.57. The molecule has 0 spiro atoms. The van der Waals surface area contributed by atoms with Gasteiger partial charge in [-0.05, 0) is 0 Å². The van der Waals surface area contributed by atoms with Gasteiger partial charge in [0.1, 0.15) is 0 Å². The summed E-state index contributed by atoms with van der Waals surface area (Å²) in [5, 5.41) is 0. The Morgan fingerprint density at radius 2 is 0.618 bits per heavy atom. The van der Waals surface area contributed by atoms with Crippen molar-refractivity contribution >= 4 is 0 Å². The lowest BCUT2D eigenvalue weighted by Gasteiger charge is -2.45. The van der Waals surface area contributed by atoms with Crippen LogP contribution in [0.25, 0.3) is 0 Å². The van der Waals surface area contributed by atoms with Gasteiger partial charge in [-0.2, -0.15) is 79.0 Å². The van der Waals surface area contributed by atoms with Crippen LogP contribution in [0, 0.1) is 11.6 Å². The van der Waals surface area contributed by atoms with Crippen molar-refractivity contribution < 1.29 is 87.8 Å². The molecule has 0 fully saturated rings. The smallest absolute Gasteiger partial charge is 0.203 e. The maximum absolute atomic E-state index is 14.1. The summed E-state index contributed by atoms with van der Waals surface area (Å²) in [6.07, 6.45) is -15.0. The predicted molar refractivity (Wildman–Crippen MR) is 63.9 cm³/mol. The summed E-state index contributed by atoms with van der Waals surface area (Å²) in [4.78, 5) is 0. The van der Waals surface area contributed by atoms with Gasteiger partial charge in [-0.25, -0.2) is 8.78 Å². The van der Waals surface area contributed by atoms with E-state index in [1.54, 1.807) is 0 Å². The van der Waals surface area contributed by atoms with E-state index in [4.69, 9.17) is 0 Å². The molecule has 0 unspecified atom stereocenters. The zero-order valence-corrected chi connectivity index (χ0v) is 14.6. The van der Waals surface area contributed by atoms with Crippen molar-refractivity contribution in [1.82, 2.24) is 0 Å². The van der Waals surface area contributed by atoms with Gasteiger partial charge in [0.15, 0.2) is 11.6 Å². The highest BCUT2D eigenvalue weighted by atomic mass is 19.4. The van der Waals surface area contributed by atoms with Crippen LogP contribution in [0.5, 0.6) is 0 Å². The molecule has 1 aliphatic rings. The second-order valence-corrected chi connectivity index (χ2v) is 6.57. The Hall–Kier alpha value is -2.18. The SMILES string of the molecule is Fc1c(F)c(C(F)(F)C(F)(F)F)c2c(c1C(F)(F)C(F)(F)F)C(F)(F)C(F)(F)C(F)(F)C2(F)F. The normalized spacial score (nSPS) is 21.9. The standard InChI is InChI=1S/C14F20/c15-5-3(9(21,22)13(29,30)31)1-2(4(6(5)16)10(23,24)14(32,33)34)8(19,20)12(27,28)11(25,26)7(1,17)18. The van der Waals surface area contributed by atoms with E-state index in [2.05, 4.69) is 0 Å². The van der Waals surface area contributed by atoms with Crippen LogP contribution in [-0.2, 0) is 23.7 Å². The highest BCUT2D eigenvalue weighted by molar-refractivity contribution is 5.56. The number of fused-ring (bicyclic) bond motifs is 1. The first-order chi connectivity index (χ1) is 14.6. The van der Waals surface area contributed by atoms with Crippen LogP contribution in [0.2, 0.25) is 0 Å². The minimum Gasteiger partial charge on any atom is -0.203 e. The third-order valence-electron chi connectivity index (χ3n) is 4.53. The van der Waals surface area contributed by atoms with E-state index in [9.17, 15) is 87.8 Å². The summed E-state index contributed by atoms with van der Waals surface area (Å²) < 4.78 is 269. The molecule has 0 aromatic heterocycles. The molecule has 0 aliphatic heterocycles.